The fourth-order valence-electron chi connectivity index (χ4n) is 3.08. The van der Waals surface area contributed by atoms with E-state index in [1.165, 1.54) is 31.5 Å². The fraction of sp³-hybridized carbons (Fsp3) is 0.625. The molecule has 0 radical (unpaired) electrons. The topological polar surface area (TPSA) is 15.3 Å². The fourth-order valence-corrected chi connectivity index (χ4v) is 3.34. The molecule has 1 atom stereocenters. The summed E-state index contributed by atoms with van der Waals surface area (Å²) in [4.78, 5) is 2.63. The predicted octanol–water partition coefficient (Wildman–Crippen LogP) is 3.45. The number of hydrogen-bond donors (Lipinski definition) is 1. The van der Waals surface area contributed by atoms with E-state index in [0.29, 0.717) is 6.04 Å². The third-order valence-corrected chi connectivity index (χ3v) is 5.00. The van der Waals surface area contributed by atoms with Gasteiger partial charge in [0, 0.05) is 16.1 Å². The Kier molecular flexibility index (Phi) is 5.04. The van der Waals surface area contributed by atoms with Crippen LogP contribution >= 0.6 is 15.9 Å². The summed E-state index contributed by atoms with van der Waals surface area (Å²) in [5.74, 6) is 0. The minimum absolute atomic E-state index is 0.207. The highest BCUT2D eigenvalue weighted by Gasteiger charge is 2.35. The molecule has 1 aliphatic heterocycles. The molecule has 1 unspecified atom stereocenters. The Morgan fingerprint density at radius 2 is 1.79 bits per heavy atom. The quantitative estimate of drug-likeness (QED) is 0.892. The Labute approximate surface area is 125 Å². The number of rotatable bonds is 5. The van der Waals surface area contributed by atoms with Crippen molar-refractivity contribution in [2.75, 3.05) is 20.1 Å². The monoisotopic (exact) mass is 324 g/mol. The molecule has 1 aromatic rings. The van der Waals surface area contributed by atoms with Crippen LogP contribution in [0.5, 0.6) is 0 Å². The number of nitrogens with zero attached hydrogens (tertiary/aromatic N) is 1. The molecular weight excluding hydrogens is 300 g/mol. The third kappa shape index (κ3) is 3.59. The van der Waals surface area contributed by atoms with Crippen molar-refractivity contribution in [2.24, 2.45) is 0 Å². The maximum absolute atomic E-state index is 3.53. The molecule has 0 amide bonds. The van der Waals surface area contributed by atoms with Crippen molar-refractivity contribution in [1.82, 2.24) is 10.2 Å². The highest BCUT2D eigenvalue weighted by molar-refractivity contribution is 9.10. The van der Waals surface area contributed by atoms with E-state index in [2.05, 4.69) is 71.3 Å². The van der Waals surface area contributed by atoms with E-state index in [-0.39, 0.29) is 5.54 Å². The zero-order chi connectivity index (χ0) is 13.9. The van der Waals surface area contributed by atoms with Crippen molar-refractivity contribution < 1.29 is 0 Å². The van der Waals surface area contributed by atoms with Gasteiger partial charge < -0.3 is 5.32 Å². The number of likely N-dealkylation sites (tertiary alicyclic amines) is 1. The van der Waals surface area contributed by atoms with Crippen LogP contribution in [0.4, 0.5) is 0 Å². The molecule has 1 N–H and O–H groups in total. The van der Waals surface area contributed by atoms with Gasteiger partial charge in [0.1, 0.15) is 0 Å². The Hall–Kier alpha value is -0.380. The van der Waals surface area contributed by atoms with Crippen molar-refractivity contribution >= 4 is 15.9 Å². The first-order valence-corrected chi connectivity index (χ1v) is 8.00. The summed E-state index contributed by atoms with van der Waals surface area (Å²) in [5.41, 5.74) is 1.60. The van der Waals surface area contributed by atoms with Crippen LogP contribution in [0.25, 0.3) is 0 Å². The maximum atomic E-state index is 3.53. The largest absolute Gasteiger partial charge is 0.315 e. The molecule has 0 aliphatic carbocycles. The van der Waals surface area contributed by atoms with E-state index in [1.54, 1.807) is 0 Å². The van der Waals surface area contributed by atoms with Gasteiger partial charge in [0.25, 0.3) is 0 Å². The molecule has 0 saturated carbocycles. The highest BCUT2D eigenvalue weighted by atomic mass is 79.9. The number of likely N-dealkylation sites (N-methyl/N-ethyl adjacent to an activating group) is 1. The van der Waals surface area contributed by atoms with E-state index >= 15 is 0 Å². The average molecular weight is 325 g/mol. The molecule has 1 heterocycles. The van der Waals surface area contributed by atoms with Crippen LogP contribution in [-0.2, 0) is 6.42 Å². The minimum atomic E-state index is 0.207. The zero-order valence-electron chi connectivity index (χ0n) is 12.2. The summed E-state index contributed by atoms with van der Waals surface area (Å²) in [7, 11) is 2.08. The summed E-state index contributed by atoms with van der Waals surface area (Å²) in [5, 5.41) is 3.53. The molecule has 0 bridgehead atoms. The maximum Gasteiger partial charge on any atom is 0.0309 e. The first-order chi connectivity index (χ1) is 9.04. The van der Waals surface area contributed by atoms with Gasteiger partial charge in [-0.1, -0.05) is 28.1 Å². The minimum Gasteiger partial charge on any atom is -0.315 e. The summed E-state index contributed by atoms with van der Waals surface area (Å²) in [6.45, 7) is 7.23. The predicted molar refractivity (Wildman–Crippen MR) is 85.6 cm³/mol. The molecule has 0 aromatic heterocycles. The van der Waals surface area contributed by atoms with Crippen LogP contribution in [0.1, 0.15) is 32.3 Å². The second-order valence-corrected chi connectivity index (χ2v) is 6.94. The molecule has 3 heteroatoms. The van der Waals surface area contributed by atoms with Gasteiger partial charge >= 0.3 is 0 Å². The third-order valence-electron chi connectivity index (χ3n) is 4.48. The Bertz CT molecular complexity index is 394. The lowest BCUT2D eigenvalue weighted by Gasteiger charge is -2.42. The molecule has 19 heavy (non-hydrogen) atoms. The van der Waals surface area contributed by atoms with Gasteiger partial charge in [-0.05, 0) is 70.9 Å². The Balaban J connectivity index is 2.08. The summed E-state index contributed by atoms with van der Waals surface area (Å²) in [6.07, 6.45) is 3.77. The van der Waals surface area contributed by atoms with Crippen LogP contribution < -0.4 is 5.32 Å². The van der Waals surface area contributed by atoms with Crippen LogP contribution in [0.15, 0.2) is 28.7 Å². The molecule has 2 nitrogen and oxygen atoms in total. The number of nitrogens with one attached hydrogen (secondary N) is 1. The van der Waals surface area contributed by atoms with Crippen LogP contribution in [-0.4, -0.2) is 36.6 Å². The van der Waals surface area contributed by atoms with E-state index in [9.17, 15) is 0 Å². The summed E-state index contributed by atoms with van der Waals surface area (Å²) in [6, 6.07) is 9.17. The Morgan fingerprint density at radius 1 is 1.21 bits per heavy atom. The molecule has 1 fully saturated rings. The molecule has 1 saturated heterocycles. The first-order valence-electron chi connectivity index (χ1n) is 7.21. The number of halogens is 1. The van der Waals surface area contributed by atoms with Gasteiger partial charge in [-0.15, -0.1) is 0 Å². The standard InChI is InChI=1S/C16H25BrN2/c1-16(2,19-10-4-5-11-19)15(18-3)12-13-6-8-14(17)9-7-13/h6-9,15,18H,4-5,10-12H2,1-3H3. The van der Waals surface area contributed by atoms with Crippen molar-refractivity contribution in [3.63, 3.8) is 0 Å². The first kappa shape index (κ1) is 15.0. The second kappa shape index (κ2) is 6.38. The Morgan fingerprint density at radius 3 is 2.32 bits per heavy atom. The van der Waals surface area contributed by atoms with E-state index in [0.717, 1.165) is 10.9 Å². The molecule has 0 spiro atoms. The van der Waals surface area contributed by atoms with Gasteiger partial charge in [0.05, 0.1) is 0 Å². The lowest BCUT2D eigenvalue weighted by Crippen LogP contribution is -2.57. The van der Waals surface area contributed by atoms with Gasteiger partial charge in [0.2, 0.25) is 0 Å². The molecule has 1 aliphatic rings. The summed E-state index contributed by atoms with van der Waals surface area (Å²) >= 11 is 3.50. The van der Waals surface area contributed by atoms with E-state index < -0.39 is 0 Å². The van der Waals surface area contributed by atoms with Crippen molar-refractivity contribution in [1.29, 1.82) is 0 Å². The van der Waals surface area contributed by atoms with Crippen LogP contribution in [0, 0.1) is 0 Å². The van der Waals surface area contributed by atoms with Gasteiger partial charge in [-0.25, -0.2) is 0 Å². The smallest absolute Gasteiger partial charge is 0.0309 e. The summed E-state index contributed by atoms with van der Waals surface area (Å²) < 4.78 is 1.15. The number of hydrogen-bond acceptors (Lipinski definition) is 2. The number of benzene rings is 1. The zero-order valence-corrected chi connectivity index (χ0v) is 13.8. The molecule has 2 rings (SSSR count). The van der Waals surface area contributed by atoms with E-state index in [1.807, 2.05) is 0 Å². The average Bonchev–Trinajstić information content (AvgIpc) is 2.92. The van der Waals surface area contributed by atoms with Crippen molar-refractivity contribution in [2.45, 2.75) is 44.7 Å². The lowest BCUT2D eigenvalue weighted by molar-refractivity contribution is 0.110. The molecule has 1 aromatic carbocycles. The van der Waals surface area contributed by atoms with Crippen molar-refractivity contribution in [3.8, 4) is 0 Å². The molecular formula is C16H25BrN2. The van der Waals surface area contributed by atoms with Crippen LogP contribution in [0.2, 0.25) is 0 Å². The highest BCUT2D eigenvalue weighted by Crippen LogP contribution is 2.26. The molecule has 106 valence electrons. The van der Waals surface area contributed by atoms with Gasteiger partial charge in [-0.2, -0.15) is 0 Å². The lowest BCUT2D eigenvalue weighted by atomic mass is 9.88. The van der Waals surface area contributed by atoms with Crippen LogP contribution in [0.3, 0.4) is 0 Å². The SMILES string of the molecule is CNC(Cc1ccc(Br)cc1)C(C)(C)N1CCCC1. The van der Waals surface area contributed by atoms with Gasteiger partial charge in [0.15, 0.2) is 0 Å². The normalized spacial score (nSPS) is 18.7. The second-order valence-electron chi connectivity index (χ2n) is 6.02. The van der Waals surface area contributed by atoms with Crippen molar-refractivity contribution in [3.05, 3.63) is 34.3 Å². The van der Waals surface area contributed by atoms with Gasteiger partial charge in [-0.3, -0.25) is 4.90 Å². The van der Waals surface area contributed by atoms with E-state index in [4.69, 9.17) is 0 Å².